The molecule has 5 rings (SSSR count). The summed E-state index contributed by atoms with van der Waals surface area (Å²) >= 11 is 0. The second kappa shape index (κ2) is 10.5. The van der Waals surface area contributed by atoms with Gasteiger partial charge in [0, 0.05) is 48.9 Å². The molecule has 3 aromatic rings. The summed E-state index contributed by atoms with van der Waals surface area (Å²) in [4.78, 5) is 22.0. The van der Waals surface area contributed by atoms with Gasteiger partial charge >= 0.3 is 0 Å². The molecule has 0 bridgehead atoms. The first kappa shape index (κ1) is 24.6. The highest BCUT2D eigenvalue weighted by Crippen LogP contribution is 2.26. The van der Waals surface area contributed by atoms with Crippen LogP contribution in [0, 0.1) is 0 Å². The van der Waals surface area contributed by atoms with E-state index in [1.165, 1.54) is 0 Å². The van der Waals surface area contributed by atoms with E-state index < -0.39 is 9.84 Å². The maximum Gasteiger partial charge on any atom is 0.255 e. The number of piperidine rings is 1. The first-order valence-electron chi connectivity index (χ1n) is 12.4. The molecule has 1 unspecified atom stereocenters. The average molecular weight is 509 g/mol. The summed E-state index contributed by atoms with van der Waals surface area (Å²) in [7, 11) is -0.774. The van der Waals surface area contributed by atoms with E-state index in [4.69, 9.17) is 4.98 Å². The predicted octanol–water partition coefficient (Wildman–Crippen LogP) is 2.76. The summed E-state index contributed by atoms with van der Waals surface area (Å²) < 4.78 is 23.3. The van der Waals surface area contributed by atoms with E-state index in [2.05, 4.69) is 32.4 Å². The average Bonchev–Trinajstić information content (AvgIpc) is 3.37. The number of rotatable bonds is 6. The molecule has 1 amide bonds. The van der Waals surface area contributed by atoms with Gasteiger partial charge in [-0.25, -0.2) is 13.4 Å². The summed E-state index contributed by atoms with van der Waals surface area (Å²) in [5.41, 5.74) is 3.14. The number of carbonyl (C=O) groups is 1. The molecule has 0 radical (unpaired) electrons. The summed E-state index contributed by atoms with van der Waals surface area (Å²) in [6, 6.07) is 15.0. The van der Waals surface area contributed by atoms with Crippen molar-refractivity contribution in [1.82, 2.24) is 25.0 Å². The summed E-state index contributed by atoms with van der Waals surface area (Å²) in [5.74, 6) is 2.16. The molecule has 0 saturated carbocycles. The maximum atomic E-state index is 12.9. The molecule has 0 aliphatic carbocycles. The smallest absolute Gasteiger partial charge is 0.255 e. The van der Waals surface area contributed by atoms with Crippen LogP contribution < -0.4 is 5.32 Å². The number of benzene rings is 2. The number of H-pyrrole nitrogens is 1. The molecule has 36 heavy (non-hydrogen) atoms. The van der Waals surface area contributed by atoms with E-state index in [-0.39, 0.29) is 17.4 Å². The number of nitrogens with one attached hydrogen (secondary N) is 2. The predicted molar refractivity (Wildman–Crippen MR) is 140 cm³/mol. The van der Waals surface area contributed by atoms with E-state index in [1.807, 2.05) is 42.5 Å². The van der Waals surface area contributed by atoms with Gasteiger partial charge in [0.25, 0.3) is 5.91 Å². The molecule has 0 spiro atoms. The van der Waals surface area contributed by atoms with Crippen LogP contribution in [0.2, 0.25) is 0 Å². The topological polar surface area (TPSA) is 111 Å². The Morgan fingerprint density at radius 2 is 1.89 bits per heavy atom. The number of aromatic nitrogens is 3. The van der Waals surface area contributed by atoms with E-state index in [0.717, 1.165) is 42.9 Å². The number of aromatic amines is 1. The summed E-state index contributed by atoms with van der Waals surface area (Å²) in [6.45, 7) is 3.78. The van der Waals surface area contributed by atoms with Gasteiger partial charge in [0.15, 0.2) is 15.7 Å². The van der Waals surface area contributed by atoms with Crippen LogP contribution in [0.4, 0.5) is 5.69 Å². The second-order valence-electron chi connectivity index (χ2n) is 9.81. The first-order chi connectivity index (χ1) is 17.3. The molecule has 3 heterocycles. The minimum absolute atomic E-state index is 0.188. The second-order valence-corrected chi connectivity index (χ2v) is 12.1. The van der Waals surface area contributed by atoms with Crippen molar-refractivity contribution in [2.45, 2.75) is 25.3 Å². The van der Waals surface area contributed by atoms with Gasteiger partial charge in [-0.15, -0.1) is 0 Å². The molecule has 2 aromatic carbocycles. The lowest BCUT2D eigenvalue weighted by atomic mass is 9.98. The van der Waals surface area contributed by atoms with E-state index in [1.54, 1.807) is 6.07 Å². The SMILES string of the molecule is CN1CCCC(c2nc(-c3ccc(NC(=O)c4cccc(CN5CCS(=O)(=O)CC5)c4)cc3)n[nH]2)C1. The van der Waals surface area contributed by atoms with Crippen LogP contribution >= 0.6 is 0 Å². The molecule has 2 fully saturated rings. The van der Waals surface area contributed by atoms with Gasteiger partial charge in [-0.05, 0) is 68.4 Å². The molecule has 190 valence electrons. The standard InChI is InChI=1S/C26H32N6O3S/c1-31-11-3-6-22(18-31)25-28-24(29-30-25)20-7-9-23(10-8-20)27-26(33)21-5-2-4-19(16-21)17-32-12-14-36(34,35)15-13-32/h2,4-5,7-10,16,22H,3,6,11-15,17-18H2,1H3,(H,27,33)(H,28,29,30). The van der Waals surface area contributed by atoms with Gasteiger partial charge in [-0.2, -0.15) is 5.10 Å². The zero-order valence-electron chi connectivity index (χ0n) is 20.5. The van der Waals surface area contributed by atoms with Crippen LogP contribution in [0.3, 0.4) is 0 Å². The normalized spacial score (nSPS) is 20.8. The molecular weight excluding hydrogens is 476 g/mol. The Bertz CT molecular complexity index is 1310. The fourth-order valence-corrected chi connectivity index (χ4v) is 6.14. The molecule has 9 nitrogen and oxygen atoms in total. The number of likely N-dealkylation sites (N-methyl/N-ethyl adjacent to an activating group) is 1. The number of hydrogen-bond acceptors (Lipinski definition) is 7. The van der Waals surface area contributed by atoms with Crippen molar-refractivity contribution in [3.63, 3.8) is 0 Å². The fourth-order valence-electron chi connectivity index (χ4n) is 4.86. The van der Waals surface area contributed by atoms with Gasteiger partial charge < -0.3 is 10.2 Å². The number of likely N-dealkylation sites (tertiary alicyclic amines) is 1. The Morgan fingerprint density at radius 3 is 2.64 bits per heavy atom. The molecule has 2 aliphatic heterocycles. The van der Waals surface area contributed by atoms with E-state index in [9.17, 15) is 13.2 Å². The minimum atomic E-state index is -2.91. The van der Waals surface area contributed by atoms with Crippen molar-refractivity contribution in [2.75, 3.05) is 50.0 Å². The van der Waals surface area contributed by atoms with Crippen molar-refractivity contribution in [3.8, 4) is 11.4 Å². The third-order valence-electron chi connectivity index (χ3n) is 6.95. The third kappa shape index (κ3) is 6.00. The molecule has 10 heteroatoms. The molecular formula is C26H32N6O3S. The van der Waals surface area contributed by atoms with Crippen molar-refractivity contribution in [2.24, 2.45) is 0 Å². The number of anilines is 1. The van der Waals surface area contributed by atoms with Gasteiger partial charge in [0.1, 0.15) is 5.82 Å². The zero-order chi connectivity index (χ0) is 25.1. The minimum Gasteiger partial charge on any atom is -0.322 e. The highest BCUT2D eigenvalue weighted by molar-refractivity contribution is 7.91. The van der Waals surface area contributed by atoms with Crippen LogP contribution in [0.15, 0.2) is 48.5 Å². The third-order valence-corrected chi connectivity index (χ3v) is 8.56. The Morgan fingerprint density at radius 1 is 1.11 bits per heavy atom. The number of amides is 1. The molecule has 2 N–H and O–H groups in total. The van der Waals surface area contributed by atoms with Gasteiger partial charge in [0.2, 0.25) is 0 Å². The zero-order valence-corrected chi connectivity index (χ0v) is 21.3. The first-order valence-corrected chi connectivity index (χ1v) is 14.2. The highest BCUT2D eigenvalue weighted by atomic mass is 32.2. The molecule has 1 atom stereocenters. The van der Waals surface area contributed by atoms with Crippen molar-refractivity contribution < 1.29 is 13.2 Å². The van der Waals surface area contributed by atoms with Crippen LogP contribution in [0.25, 0.3) is 11.4 Å². The Hall–Kier alpha value is -3.08. The maximum absolute atomic E-state index is 12.9. The summed E-state index contributed by atoms with van der Waals surface area (Å²) in [5, 5.41) is 10.5. The number of nitrogens with zero attached hydrogens (tertiary/aromatic N) is 4. The molecule has 1 aromatic heterocycles. The Balaban J connectivity index is 1.19. The lowest BCUT2D eigenvalue weighted by molar-refractivity contribution is 0.102. The van der Waals surface area contributed by atoms with Crippen LogP contribution in [0.1, 0.15) is 40.5 Å². The number of hydrogen-bond donors (Lipinski definition) is 2. The van der Waals surface area contributed by atoms with Gasteiger partial charge in [0.05, 0.1) is 11.5 Å². The Labute approximate surface area is 211 Å². The van der Waals surface area contributed by atoms with Gasteiger partial charge in [-0.3, -0.25) is 14.8 Å². The lowest BCUT2D eigenvalue weighted by Gasteiger charge is -2.27. The number of sulfone groups is 1. The van der Waals surface area contributed by atoms with E-state index >= 15 is 0 Å². The molecule has 2 saturated heterocycles. The fraction of sp³-hybridized carbons (Fsp3) is 0.423. The van der Waals surface area contributed by atoms with Crippen molar-refractivity contribution in [3.05, 3.63) is 65.5 Å². The largest absolute Gasteiger partial charge is 0.322 e. The van der Waals surface area contributed by atoms with Crippen molar-refractivity contribution >= 4 is 21.4 Å². The van der Waals surface area contributed by atoms with E-state index in [0.29, 0.717) is 42.6 Å². The monoisotopic (exact) mass is 508 g/mol. The van der Waals surface area contributed by atoms with Crippen LogP contribution in [-0.4, -0.2) is 84.0 Å². The Kier molecular flexibility index (Phi) is 7.17. The molecule has 2 aliphatic rings. The van der Waals surface area contributed by atoms with Crippen LogP contribution in [-0.2, 0) is 16.4 Å². The van der Waals surface area contributed by atoms with Gasteiger partial charge in [-0.1, -0.05) is 12.1 Å². The highest BCUT2D eigenvalue weighted by Gasteiger charge is 2.23. The summed E-state index contributed by atoms with van der Waals surface area (Å²) in [6.07, 6.45) is 2.28. The quantitative estimate of drug-likeness (QED) is 0.527. The van der Waals surface area contributed by atoms with Crippen LogP contribution in [0.5, 0.6) is 0 Å². The lowest BCUT2D eigenvalue weighted by Crippen LogP contribution is -2.39. The number of carbonyl (C=O) groups excluding carboxylic acids is 1. The van der Waals surface area contributed by atoms with Crippen molar-refractivity contribution in [1.29, 1.82) is 0 Å².